The molecule has 196 valence electrons. The number of esters is 1. The van der Waals surface area contributed by atoms with Gasteiger partial charge in [-0.25, -0.2) is 4.79 Å². The molecule has 0 saturated carbocycles. The first-order valence-electron chi connectivity index (χ1n) is 12.9. The highest BCUT2D eigenvalue weighted by Crippen LogP contribution is 2.32. The highest BCUT2D eigenvalue weighted by molar-refractivity contribution is 6.05. The molecule has 0 bridgehead atoms. The van der Waals surface area contributed by atoms with Crippen LogP contribution in [-0.4, -0.2) is 73.5 Å². The SMILES string of the molecule is [B]N1CCN(C(=O)c2cc(C)n(-c3ccccc3)c2-c2ccccc2)C(COc2ccc(C(=O)OC)cc2)C1. The van der Waals surface area contributed by atoms with Crippen molar-refractivity contribution in [2.75, 3.05) is 33.4 Å². The van der Waals surface area contributed by atoms with E-state index in [1.54, 1.807) is 29.1 Å². The van der Waals surface area contributed by atoms with Gasteiger partial charge in [0.1, 0.15) is 12.4 Å². The molecule has 2 radical (unpaired) electrons. The maximum Gasteiger partial charge on any atom is 0.337 e. The first-order chi connectivity index (χ1) is 19.0. The van der Waals surface area contributed by atoms with Crippen LogP contribution in [0.3, 0.4) is 0 Å². The minimum Gasteiger partial charge on any atom is -0.491 e. The number of aromatic nitrogens is 1. The summed E-state index contributed by atoms with van der Waals surface area (Å²) < 4.78 is 13.0. The molecule has 1 aliphatic heterocycles. The van der Waals surface area contributed by atoms with E-state index in [1.807, 2.05) is 78.6 Å². The van der Waals surface area contributed by atoms with Crippen LogP contribution in [-0.2, 0) is 4.74 Å². The van der Waals surface area contributed by atoms with Crippen LogP contribution in [0, 0.1) is 6.92 Å². The second kappa shape index (κ2) is 11.6. The van der Waals surface area contributed by atoms with Crippen LogP contribution in [0.15, 0.2) is 91.0 Å². The van der Waals surface area contributed by atoms with Crippen molar-refractivity contribution in [2.45, 2.75) is 13.0 Å². The topological polar surface area (TPSA) is 64.0 Å². The van der Waals surface area contributed by atoms with Crippen LogP contribution < -0.4 is 4.74 Å². The average molecular weight is 519 g/mol. The van der Waals surface area contributed by atoms with E-state index in [4.69, 9.17) is 17.5 Å². The Kier molecular flexibility index (Phi) is 7.84. The lowest BCUT2D eigenvalue weighted by Crippen LogP contribution is -2.56. The number of rotatable bonds is 7. The van der Waals surface area contributed by atoms with Crippen LogP contribution in [0.1, 0.15) is 26.4 Å². The monoisotopic (exact) mass is 519 g/mol. The van der Waals surface area contributed by atoms with E-state index < -0.39 is 5.97 Å². The Hall–Kier alpha value is -4.30. The lowest BCUT2D eigenvalue weighted by Gasteiger charge is -2.40. The van der Waals surface area contributed by atoms with Crippen molar-refractivity contribution in [1.29, 1.82) is 0 Å². The van der Waals surface area contributed by atoms with Crippen LogP contribution in [0.4, 0.5) is 0 Å². The summed E-state index contributed by atoms with van der Waals surface area (Å²) in [5, 5.41) is 0. The minimum atomic E-state index is -0.406. The molecule has 1 atom stereocenters. The summed E-state index contributed by atoms with van der Waals surface area (Å²) in [6, 6.07) is 28.5. The van der Waals surface area contributed by atoms with Crippen molar-refractivity contribution in [3.05, 3.63) is 108 Å². The number of aryl methyl sites for hydroxylation is 1. The van der Waals surface area contributed by atoms with Crippen LogP contribution in [0.2, 0.25) is 0 Å². The van der Waals surface area contributed by atoms with E-state index >= 15 is 0 Å². The minimum absolute atomic E-state index is 0.0608. The summed E-state index contributed by atoms with van der Waals surface area (Å²) in [6.45, 7) is 3.80. The predicted octanol–water partition coefficient (Wildman–Crippen LogP) is 4.53. The number of hydrogen-bond acceptors (Lipinski definition) is 5. The van der Waals surface area contributed by atoms with E-state index in [0.717, 1.165) is 22.6 Å². The molecule has 1 aromatic heterocycles. The van der Waals surface area contributed by atoms with Crippen molar-refractivity contribution < 1.29 is 19.1 Å². The van der Waals surface area contributed by atoms with Gasteiger partial charge in [-0.2, -0.15) is 0 Å². The molecule has 2 heterocycles. The number of piperazine rings is 1. The summed E-state index contributed by atoms with van der Waals surface area (Å²) >= 11 is 0. The Bertz CT molecular complexity index is 1440. The zero-order valence-electron chi connectivity index (χ0n) is 22.1. The summed E-state index contributed by atoms with van der Waals surface area (Å²) in [7, 11) is 7.52. The average Bonchev–Trinajstić information content (AvgIpc) is 3.33. The van der Waals surface area contributed by atoms with Crippen LogP contribution in [0.5, 0.6) is 5.75 Å². The number of hydrogen-bond donors (Lipinski definition) is 0. The van der Waals surface area contributed by atoms with Crippen molar-refractivity contribution in [2.24, 2.45) is 0 Å². The Labute approximate surface area is 230 Å². The number of nitrogens with zero attached hydrogens (tertiary/aromatic N) is 3. The molecule has 0 aliphatic carbocycles. The number of methoxy groups -OCH3 is 1. The first kappa shape index (κ1) is 26.3. The van der Waals surface area contributed by atoms with Gasteiger partial charge in [0.15, 0.2) is 7.98 Å². The highest BCUT2D eigenvalue weighted by atomic mass is 16.5. The normalized spacial score (nSPS) is 15.6. The molecule has 1 amide bonds. The second-order valence-electron chi connectivity index (χ2n) is 9.56. The Morgan fingerprint density at radius 3 is 2.26 bits per heavy atom. The summed E-state index contributed by atoms with van der Waals surface area (Å²) in [6.07, 6.45) is 0. The van der Waals surface area contributed by atoms with Gasteiger partial charge in [0.2, 0.25) is 0 Å². The molecule has 1 unspecified atom stereocenters. The number of amides is 1. The third-order valence-electron chi connectivity index (χ3n) is 6.97. The van der Waals surface area contributed by atoms with Gasteiger partial charge in [0, 0.05) is 31.0 Å². The van der Waals surface area contributed by atoms with Crippen LogP contribution in [0.25, 0.3) is 16.9 Å². The zero-order chi connectivity index (χ0) is 27.4. The summed E-state index contributed by atoms with van der Waals surface area (Å²) in [5.41, 5.74) is 4.88. The lowest BCUT2D eigenvalue weighted by atomic mass is 10.0. The van der Waals surface area contributed by atoms with Gasteiger partial charge in [0.05, 0.1) is 30.0 Å². The van der Waals surface area contributed by atoms with E-state index in [1.165, 1.54) is 7.11 Å². The van der Waals surface area contributed by atoms with Gasteiger partial charge in [-0.3, -0.25) is 4.79 Å². The molecule has 39 heavy (non-hydrogen) atoms. The molecule has 4 aromatic rings. The zero-order valence-corrected chi connectivity index (χ0v) is 22.1. The third-order valence-corrected chi connectivity index (χ3v) is 6.97. The number of carbonyl (C=O) groups is 2. The quantitative estimate of drug-likeness (QED) is 0.265. The maximum absolute atomic E-state index is 14.2. The van der Waals surface area contributed by atoms with Crippen molar-refractivity contribution in [3.8, 4) is 22.7 Å². The standard InChI is InChI=1S/C31H30BN3O4/c1-22-19-28(29(23-9-5-3-6-10-23)35(22)25-11-7-4-8-12-25)30(36)34-18-17-33(32)20-26(34)21-39-27-15-13-24(14-16-27)31(37)38-2/h3-16,19,26H,17-18,20-21H2,1-2H3. The molecule has 0 spiro atoms. The number of ether oxygens (including phenoxy) is 2. The molecule has 1 aliphatic rings. The third kappa shape index (κ3) is 5.61. The van der Waals surface area contributed by atoms with E-state index in [2.05, 4.69) is 4.57 Å². The van der Waals surface area contributed by atoms with Gasteiger partial charge in [0.25, 0.3) is 5.91 Å². The number of carbonyl (C=O) groups excluding carboxylic acids is 2. The molecule has 8 heteroatoms. The van der Waals surface area contributed by atoms with Gasteiger partial charge in [-0.05, 0) is 55.0 Å². The van der Waals surface area contributed by atoms with Gasteiger partial charge in [-0.15, -0.1) is 0 Å². The Balaban J connectivity index is 1.45. The Morgan fingerprint density at radius 1 is 0.923 bits per heavy atom. The number of benzene rings is 3. The molecule has 7 nitrogen and oxygen atoms in total. The molecule has 0 N–H and O–H groups in total. The number of para-hydroxylation sites is 1. The molecule has 1 saturated heterocycles. The second-order valence-corrected chi connectivity index (χ2v) is 9.56. The van der Waals surface area contributed by atoms with E-state index in [9.17, 15) is 9.59 Å². The van der Waals surface area contributed by atoms with E-state index in [-0.39, 0.29) is 18.6 Å². The largest absolute Gasteiger partial charge is 0.491 e. The lowest BCUT2D eigenvalue weighted by molar-refractivity contribution is 0.0470. The molecule has 5 rings (SSSR count). The summed E-state index contributed by atoms with van der Waals surface area (Å²) in [5.74, 6) is 0.131. The molecule has 3 aromatic carbocycles. The smallest absolute Gasteiger partial charge is 0.337 e. The first-order valence-corrected chi connectivity index (χ1v) is 12.9. The highest BCUT2D eigenvalue weighted by Gasteiger charge is 2.33. The fourth-order valence-electron chi connectivity index (χ4n) is 5.03. The predicted molar refractivity (Wildman–Crippen MR) is 151 cm³/mol. The molecular weight excluding hydrogens is 489 g/mol. The van der Waals surface area contributed by atoms with Crippen molar-refractivity contribution >= 4 is 19.9 Å². The van der Waals surface area contributed by atoms with Crippen LogP contribution >= 0.6 is 0 Å². The molecular formula is C31H30BN3O4. The maximum atomic E-state index is 14.2. The van der Waals surface area contributed by atoms with Crippen molar-refractivity contribution in [3.63, 3.8) is 0 Å². The molecule has 1 fully saturated rings. The Morgan fingerprint density at radius 2 is 1.59 bits per heavy atom. The van der Waals surface area contributed by atoms with Gasteiger partial charge in [-0.1, -0.05) is 48.5 Å². The fourth-order valence-corrected chi connectivity index (χ4v) is 5.03. The van der Waals surface area contributed by atoms with Gasteiger partial charge >= 0.3 is 5.97 Å². The van der Waals surface area contributed by atoms with E-state index in [0.29, 0.717) is 36.5 Å². The summed E-state index contributed by atoms with van der Waals surface area (Å²) in [4.78, 5) is 29.5. The fraction of sp³-hybridized carbons (Fsp3) is 0.226. The van der Waals surface area contributed by atoms with Crippen molar-refractivity contribution in [1.82, 2.24) is 14.3 Å². The van der Waals surface area contributed by atoms with Gasteiger partial charge < -0.3 is 23.8 Å².